The van der Waals surface area contributed by atoms with Crippen LogP contribution in [0.2, 0.25) is 0 Å². The molecular formula is C20H17FN4O2. The highest BCUT2D eigenvalue weighted by atomic mass is 19.1. The second-order valence-corrected chi connectivity index (χ2v) is 6.21. The van der Waals surface area contributed by atoms with Gasteiger partial charge in [0.15, 0.2) is 0 Å². The zero-order chi connectivity index (χ0) is 18.6. The molecule has 0 spiro atoms. The number of benzene rings is 1. The molecule has 136 valence electrons. The van der Waals surface area contributed by atoms with Gasteiger partial charge in [0.25, 0.3) is 5.91 Å². The number of hydrogen-bond donors (Lipinski definition) is 0. The van der Waals surface area contributed by atoms with Crippen LogP contribution < -0.4 is 4.74 Å². The summed E-state index contributed by atoms with van der Waals surface area (Å²) in [5.74, 6) is 0.313. The van der Waals surface area contributed by atoms with E-state index in [1.54, 1.807) is 35.5 Å². The van der Waals surface area contributed by atoms with Crippen LogP contribution in [0.25, 0.3) is 0 Å². The molecule has 0 N–H and O–H groups in total. The van der Waals surface area contributed by atoms with Gasteiger partial charge in [0.2, 0.25) is 5.88 Å². The van der Waals surface area contributed by atoms with E-state index < -0.39 is 0 Å². The third-order valence-electron chi connectivity index (χ3n) is 4.41. The van der Waals surface area contributed by atoms with Crippen molar-refractivity contribution in [3.8, 4) is 11.6 Å². The molecule has 27 heavy (non-hydrogen) atoms. The first-order valence-electron chi connectivity index (χ1n) is 8.68. The quantitative estimate of drug-likeness (QED) is 0.705. The smallest absolute Gasteiger partial charge is 0.273 e. The Morgan fingerprint density at radius 3 is 2.78 bits per heavy atom. The number of hydrogen-bond acceptors (Lipinski definition) is 5. The van der Waals surface area contributed by atoms with Crippen molar-refractivity contribution in [1.82, 2.24) is 19.9 Å². The molecule has 1 aliphatic rings. The van der Waals surface area contributed by atoms with Crippen molar-refractivity contribution in [1.29, 1.82) is 0 Å². The molecule has 0 radical (unpaired) electrons. The summed E-state index contributed by atoms with van der Waals surface area (Å²) < 4.78 is 18.7. The summed E-state index contributed by atoms with van der Waals surface area (Å²) in [5.41, 5.74) is 1.08. The molecule has 3 aromatic rings. The van der Waals surface area contributed by atoms with E-state index in [-0.39, 0.29) is 17.8 Å². The summed E-state index contributed by atoms with van der Waals surface area (Å²) in [7, 11) is 0. The maximum atomic E-state index is 13.0. The van der Waals surface area contributed by atoms with Crippen molar-refractivity contribution < 1.29 is 13.9 Å². The fraction of sp³-hybridized carbons (Fsp3) is 0.200. The molecule has 4 rings (SSSR count). The Balaban J connectivity index is 1.55. The molecular weight excluding hydrogens is 347 g/mol. The zero-order valence-electron chi connectivity index (χ0n) is 14.5. The van der Waals surface area contributed by atoms with Crippen molar-refractivity contribution in [3.05, 3.63) is 78.3 Å². The van der Waals surface area contributed by atoms with Gasteiger partial charge in [0, 0.05) is 12.7 Å². The molecule has 7 heteroatoms. The van der Waals surface area contributed by atoms with Gasteiger partial charge in [-0.05, 0) is 49.2 Å². The van der Waals surface area contributed by atoms with Gasteiger partial charge in [-0.15, -0.1) is 0 Å². The first-order valence-corrected chi connectivity index (χ1v) is 8.68. The normalized spacial score (nSPS) is 16.3. The van der Waals surface area contributed by atoms with Crippen LogP contribution in [0.15, 0.2) is 61.1 Å². The number of halogens is 1. The maximum Gasteiger partial charge on any atom is 0.273 e. The SMILES string of the molecule is O=C(c1ccccn1)N1CCC[C@H]1c1cncc(Oc2ccc(F)cc2)n1. The molecule has 1 amide bonds. The molecule has 2 aromatic heterocycles. The Hall–Kier alpha value is -3.35. The molecule has 1 fully saturated rings. The first kappa shape index (κ1) is 17.1. The fourth-order valence-electron chi connectivity index (χ4n) is 3.15. The van der Waals surface area contributed by atoms with Crippen LogP contribution >= 0.6 is 0 Å². The molecule has 1 atom stereocenters. The predicted molar refractivity (Wildman–Crippen MR) is 95.8 cm³/mol. The van der Waals surface area contributed by atoms with Crippen molar-refractivity contribution in [3.63, 3.8) is 0 Å². The monoisotopic (exact) mass is 364 g/mol. The minimum absolute atomic E-state index is 0.121. The average Bonchev–Trinajstić information content (AvgIpc) is 3.20. The summed E-state index contributed by atoms with van der Waals surface area (Å²) in [4.78, 5) is 27.4. The lowest BCUT2D eigenvalue weighted by Gasteiger charge is -2.24. The maximum absolute atomic E-state index is 13.0. The van der Waals surface area contributed by atoms with Gasteiger partial charge in [-0.25, -0.2) is 9.37 Å². The number of likely N-dealkylation sites (tertiary alicyclic amines) is 1. The van der Waals surface area contributed by atoms with Gasteiger partial charge >= 0.3 is 0 Å². The Kier molecular flexibility index (Phi) is 4.74. The van der Waals surface area contributed by atoms with Gasteiger partial charge in [0.1, 0.15) is 17.3 Å². The summed E-state index contributed by atoms with van der Waals surface area (Å²) in [5, 5.41) is 0. The van der Waals surface area contributed by atoms with E-state index in [1.165, 1.54) is 30.5 Å². The third kappa shape index (κ3) is 3.76. The summed E-state index contributed by atoms with van der Waals surface area (Å²) in [6.07, 6.45) is 6.43. The van der Waals surface area contributed by atoms with Crippen LogP contribution in [0.3, 0.4) is 0 Å². The van der Waals surface area contributed by atoms with Gasteiger partial charge in [-0.2, -0.15) is 0 Å². The van der Waals surface area contributed by atoms with E-state index in [9.17, 15) is 9.18 Å². The van der Waals surface area contributed by atoms with Crippen molar-refractivity contribution in [2.24, 2.45) is 0 Å². The average molecular weight is 364 g/mol. The molecule has 0 unspecified atom stereocenters. The summed E-state index contributed by atoms with van der Waals surface area (Å²) in [6.45, 7) is 0.644. The van der Waals surface area contributed by atoms with Crippen LogP contribution in [0, 0.1) is 5.82 Å². The lowest BCUT2D eigenvalue weighted by atomic mass is 10.1. The van der Waals surface area contributed by atoms with Crippen LogP contribution in [0.5, 0.6) is 11.6 Å². The van der Waals surface area contributed by atoms with E-state index >= 15 is 0 Å². The number of pyridine rings is 1. The highest BCUT2D eigenvalue weighted by molar-refractivity contribution is 5.92. The number of amides is 1. The minimum Gasteiger partial charge on any atom is -0.437 e. The Morgan fingerprint density at radius 1 is 1.15 bits per heavy atom. The standard InChI is InChI=1S/C20H17FN4O2/c21-14-6-8-15(9-7-14)27-19-13-22-12-17(24-19)18-5-3-11-25(18)20(26)16-4-1-2-10-23-16/h1-2,4,6-10,12-13,18H,3,5,11H2/t18-/m0/s1. The molecule has 6 nitrogen and oxygen atoms in total. The fourth-order valence-corrected chi connectivity index (χ4v) is 3.15. The Bertz CT molecular complexity index is 934. The van der Waals surface area contributed by atoms with E-state index in [4.69, 9.17) is 4.74 Å². The topological polar surface area (TPSA) is 68.2 Å². The molecule has 1 aromatic carbocycles. The lowest BCUT2D eigenvalue weighted by molar-refractivity contribution is 0.0726. The van der Waals surface area contributed by atoms with Crippen LogP contribution in [0.1, 0.15) is 35.1 Å². The molecule has 1 aliphatic heterocycles. The molecule has 0 saturated carbocycles. The predicted octanol–water partition coefficient (Wildman–Crippen LogP) is 3.78. The van der Waals surface area contributed by atoms with Crippen molar-refractivity contribution in [2.75, 3.05) is 6.54 Å². The number of ether oxygens (including phenoxy) is 1. The van der Waals surface area contributed by atoms with E-state index in [0.717, 1.165) is 12.8 Å². The van der Waals surface area contributed by atoms with Crippen LogP contribution in [-0.2, 0) is 0 Å². The highest BCUT2D eigenvalue weighted by Gasteiger charge is 2.32. The number of carbonyl (C=O) groups is 1. The molecule has 1 saturated heterocycles. The number of aromatic nitrogens is 3. The largest absolute Gasteiger partial charge is 0.437 e. The number of rotatable bonds is 4. The van der Waals surface area contributed by atoms with Crippen molar-refractivity contribution in [2.45, 2.75) is 18.9 Å². The van der Waals surface area contributed by atoms with Gasteiger partial charge in [0.05, 0.1) is 24.1 Å². The molecule has 3 heterocycles. The van der Waals surface area contributed by atoms with E-state index in [2.05, 4.69) is 15.0 Å². The van der Waals surface area contributed by atoms with Gasteiger partial charge in [-0.3, -0.25) is 14.8 Å². The van der Waals surface area contributed by atoms with E-state index in [1.807, 2.05) is 0 Å². The van der Waals surface area contributed by atoms with E-state index in [0.29, 0.717) is 29.6 Å². The lowest BCUT2D eigenvalue weighted by Crippen LogP contribution is -2.31. The summed E-state index contributed by atoms with van der Waals surface area (Å²) >= 11 is 0. The third-order valence-corrected chi connectivity index (χ3v) is 4.41. The first-order chi connectivity index (χ1) is 13.2. The van der Waals surface area contributed by atoms with Gasteiger partial charge < -0.3 is 9.64 Å². The second-order valence-electron chi connectivity index (χ2n) is 6.21. The molecule has 0 aliphatic carbocycles. The number of carbonyl (C=O) groups excluding carboxylic acids is 1. The Morgan fingerprint density at radius 2 is 2.00 bits per heavy atom. The highest BCUT2D eigenvalue weighted by Crippen LogP contribution is 2.32. The van der Waals surface area contributed by atoms with Crippen molar-refractivity contribution >= 4 is 5.91 Å². The second kappa shape index (κ2) is 7.49. The van der Waals surface area contributed by atoms with Crippen LogP contribution in [-0.4, -0.2) is 32.3 Å². The molecule has 0 bridgehead atoms. The summed E-state index contributed by atoms with van der Waals surface area (Å²) in [6, 6.07) is 10.8. The Labute approximate surface area is 155 Å². The number of nitrogens with zero attached hydrogens (tertiary/aromatic N) is 4. The van der Waals surface area contributed by atoms with Crippen LogP contribution in [0.4, 0.5) is 4.39 Å². The zero-order valence-corrected chi connectivity index (χ0v) is 14.5. The van der Waals surface area contributed by atoms with Gasteiger partial charge in [-0.1, -0.05) is 6.07 Å². The minimum atomic E-state index is -0.336.